The first kappa shape index (κ1) is 34.6. The van der Waals surface area contributed by atoms with E-state index in [0.717, 1.165) is 30.3 Å². The summed E-state index contributed by atoms with van der Waals surface area (Å²) in [7, 11) is 3.92. The number of nitriles is 1. The minimum atomic E-state index is -0.594. The average molecular weight is 696 g/mol. The van der Waals surface area contributed by atoms with E-state index in [2.05, 4.69) is 33.4 Å². The van der Waals surface area contributed by atoms with Crippen LogP contribution in [0.5, 0.6) is 5.88 Å². The van der Waals surface area contributed by atoms with Gasteiger partial charge in [-0.2, -0.15) is 10.4 Å². The van der Waals surface area contributed by atoms with E-state index in [9.17, 15) is 10.1 Å². The van der Waals surface area contributed by atoms with Crippen LogP contribution in [0.1, 0.15) is 77.6 Å². The molecule has 0 saturated carbocycles. The Morgan fingerprint density at radius 2 is 1.96 bits per heavy atom. The van der Waals surface area contributed by atoms with Crippen molar-refractivity contribution in [3.8, 4) is 23.1 Å². The minimum absolute atomic E-state index is 0.100. The third kappa shape index (κ3) is 6.13. The number of likely N-dealkylation sites (tertiary alicyclic amines) is 2. The van der Waals surface area contributed by atoms with Gasteiger partial charge in [0.2, 0.25) is 5.88 Å². The molecular formula is C38H46FN9O3. The molecule has 0 radical (unpaired) electrons. The number of piperidine rings is 1. The molecular weight excluding hydrogens is 649 g/mol. The van der Waals surface area contributed by atoms with E-state index in [1.54, 1.807) is 9.58 Å². The highest BCUT2D eigenvalue weighted by Gasteiger charge is 2.35. The van der Waals surface area contributed by atoms with Crippen LogP contribution in [0.4, 0.5) is 9.18 Å². The van der Waals surface area contributed by atoms with Crippen LogP contribution in [0.25, 0.3) is 44.0 Å². The molecule has 268 valence electrons. The second kappa shape index (κ2) is 13.1. The molecule has 0 N–H and O–H groups in total. The molecule has 0 spiro atoms. The molecule has 0 aliphatic carbocycles. The zero-order valence-electron chi connectivity index (χ0n) is 30.7. The van der Waals surface area contributed by atoms with E-state index in [0.29, 0.717) is 58.2 Å². The van der Waals surface area contributed by atoms with Crippen molar-refractivity contribution in [1.29, 1.82) is 5.26 Å². The number of hydrogen-bond acceptors (Lipinski definition) is 9. The Bertz CT molecular complexity index is 2200. The van der Waals surface area contributed by atoms with Crippen molar-refractivity contribution >= 4 is 38.9 Å². The number of likely N-dealkylation sites (N-methyl/N-ethyl adjacent to an activating group) is 1. The van der Waals surface area contributed by atoms with Crippen LogP contribution >= 0.6 is 0 Å². The van der Waals surface area contributed by atoms with Gasteiger partial charge in [0.15, 0.2) is 11.3 Å². The predicted octanol–water partition coefficient (Wildman–Crippen LogP) is 6.87. The van der Waals surface area contributed by atoms with Gasteiger partial charge < -0.3 is 14.4 Å². The van der Waals surface area contributed by atoms with Crippen molar-refractivity contribution in [2.75, 3.05) is 20.1 Å². The number of fused-ring (bicyclic) bond motifs is 4. The summed E-state index contributed by atoms with van der Waals surface area (Å²) < 4.78 is 33.3. The summed E-state index contributed by atoms with van der Waals surface area (Å²) >= 11 is 0. The number of carbonyl (C=O) groups is 1. The van der Waals surface area contributed by atoms with Gasteiger partial charge in [-0.1, -0.05) is 17.3 Å². The van der Waals surface area contributed by atoms with Crippen LogP contribution in [-0.4, -0.2) is 89.6 Å². The average Bonchev–Trinajstić information content (AvgIpc) is 3.79. The van der Waals surface area contributed by atoms with Crippen molar-refractivity contribution < 1.29 is 18.7 Å². The lowest BCUT2D eigenvalue weighted by molar-refractivity contribution is 0.00744. The van der Waals surface area contributed by atoms with Gasteiger partial charge in [-0.25, -0.2) is 18.9 Å². The van der Waals surface area contributed by atoms with E-state index in [4.69, 9.17) is 14.5 Å². The molecule has 12 nitrogen and oxygen atoms in total. The van der Waals surface area contributed by atoms with E-state index >= 15 is 4.39 Å². The van der Waals surface area contributed by atoms with E-state index in [-0.39, 0.29) is 48.1 Å². The molecule has 5 aromatic rings. The third-order valence-corrected chi connectivity index (χ3v) is 10.5. The number of nitrogens with zero attached hydrogens (tertiary/aromatic N) is 9. The molecule has 2 aliphatic heterocycles. The third-order valence-electron chi connectivity index (χ3n) is 10.5. The fourth-order valence-corrected chi connectivity index (χ4v) is 8.12. The molecule has 3 aromatic heterocycles. The summed E-state index contributed by atoms with van der Waals surface area (Å²) in [6.45, 7) is 13.0. The normalized spacial score (nSPS) is 20.7. The molecule has 5 heterocycles. The maximum atomic E-state index is 17.4. The van der Waals surface area contributed by atoms with Gasteiger partial charge in [0.1, 0.15) is 22.7 Å². The molecule has 1 amide bonds. The summed E-state index contributed by atoms with van der Waals surface area (Å²) in [6, 6.07) is 9.81. The monoisotopic (exact) mass is 695 g/mol. The largest absolute Gasteiger partial charge is 0.471 e. The van der Waals surface area contributed by atoms with Crippen LogP contribution < -0.4 is 4.74 Å². The number of rotatable bonds is 6. The molecule has 13 heteroatoms. The molecule has 0 unspecified atom stereocenters. The smallest absolute Gasteiger partial charge is 0.410 e. The topological polar surface area (TPSA) is 127 Å². The number of aryl methyl sites for hydroxylation is 2. The van der Waals surface area contributed by atoms with Gasteiger partial charge in [0, 0.05) is 42.0 Å². The first-order valence-corrected chi connectivity index (χ1v) is 17.8. The van der Waals surface area contributed by atoms with Gasteiger partial charge >= 0.3 is 6.09 Å². The Morgan fingerprint density at radius 3 is 2.65 bits per heavy atom. The maximum absolute atomic E-state index is 17.4. The molecule has 2 aromatic carbocycles. The first-order valence-electron chi connectivity index (χ1n) is 17.8. The Balaban J connectivity index is 1.39. The van der Waals surface area contributed by atoms with Gasteiger partial charge in [0.25, 0.3) is 0 Å². The molecule has 2 aliphatic rings. The lowest BCUT2D eigenvalue weighted by Gasteiger charge is -2.38. The van der Waals surface area contributed by atoms with E-state index < -0.39 is 11.4 Å². The van der Waals surface area contributed by atoms with Crippen LogP contribution in [0.2, 0.25) is 0 Å². The molecule has 2 fully saturated rings. The second-order valence-electron chi connectivity index (χ2n) is 15.2. The molecule has 7 rings (SSSR count). The van der Waals surface area contributed by atoms with Crippen molar-refractivity contribution in [3.05, 3.63) is 41.3 Å². The maximum Gasteiger partial charge on any atom is 0.410 e. The zero-order valence-corrected chi connectivity index (χ0v) is 30.7. The Hall–Kier alpha value is -4.83. The van der Waals surface area contributed by atoms with Crippen molar-refractivity contribution in [2.45, 2.75) is 103 Å². The highest BCUT2D eigenvalue weighted by atomic mass is 19.1. The number of benzene rings is 2. The fraction of sp³-hybridized carbons (Fsp3) is 0.526. The van der Waals surface area contributed by atoms with Crippen LogP contribution in [0.3, 0.4) is 0 Å². The quantitative estimate of drug-likeness (QED) is 0.187. The summed E-state index contributed by atoms with van der Waals surface area (Å²) in [5, 5.41) is 24.8. The Morgan fingerprint density at radius 1 is 1.18 bits per heavy atom. The number of amides is 1. The predicted molar refractivity (Wildman–Crippen MR) is 193 cm³/mol. The van der Waals surface area contributed by atoms with Crippen LogP contribution in [0.15, 0.2) is 24.3 Å². The summed E-state index contributed by atoms with van der Waals surface area (Å²) in [6.07, 6.45) is 2.85. The highest BCUT2D eigenvalue weighted by molar-refractivity contribution is 6.08. The lowest BCUT2D eigenvalue weighted by Crippen LogP contribution is -2.47. The van der Waals surface area contributed by atoms with Crippen molar-refractivity contribution in [2.24, 2.45) is 7.05 Å². The number of halogens is 1. The summed E-state index contributed by atoms with van der Waals surface area (Å²) in [5.41, 5.74) is 3.88. The van der Waals surface area contributed by atoms with E-state index in [1.807, 2.05) is 77.5 Å². The fourth-order valence-electron chi connectivity index (χ4n) is 8.12. The standard InChI is InChI=1S/C38H46FN9O3/c1-21-19-26-33(32(39)30(21)25-11-9-12-29-31(25)27(14-16-40)43-46(29)8)41-36(50-23(3)28-13-10-17-45(28)7)34-35(26)48(44-42-34)24-15-18-47(22(2)20-24)37(49)51-38(4,5)6/h9,11-12,19,22-24,28H,10,13-15,17-18,20H2,1-8H3/t22-,23+,24+,28+/m1/s1. The second-order valence-corrected chi connectivity index (χ2v) is 15.2. The lowest BCUT2D eigenvalue weighted by atomic mass is 9.93. The zero-order chi connectivity index (χ0) is 36.4. The first-order chi connectivity index (χ1) is 24.3. The minimum Gasteiger partial charge on any atom is -0.471 e. The number of ether oxygens (including phenoxy) is 2. The van der Waals surface area contributed by atoms with Gasteiger partial charge in [-0.3, -0.25) is 9.58 Å². The summed E-state index contributed by atoms with van der Waals surface area (Å²) in [5.74, 6) is -0.239. The highest BCUT2D eigenvalue weighted by Crippen LogP contribution is 2.42. The van der Waals surface area contributed by atoms with E-state index in [1.165, 1.54) is 0 Å². The number of hydrogen-bond donors (Lipinski definition) is 0. The van der Waals surface area contributed by atoms with Gasteiger partial charge in [-0.15, -0.1) is 5.10 Å². The van der Waals surface area contributed by atoms with Crippen LogP contribution in [0, 0.1) is 24.1 Å². The number of aromatic nitrogens is 6. The summed E-state index contributed by atoms with van der Waals surface area (Å²) in [4.78, 5) is 22.0. The van der Waals surface area contributed by atoms with Crippen molar-refractivity contribution in [1.82, 2.24) is 39.6 Å². The molecule has 0 bridgehead atoms. The number of pyridine rings is 1. The number of carbonyl (C=O) groups excluding carboxylic acids is 1. The Labute approximate surface area is 297 Å². The van der Waals surface area contributed by atoms with Gasteiger partial charge in [0.05, 0.1) is 29.7 Å². The van der Waals surface area contributed by atoms with Gasteiger partial charge in [-0.05, 0) is 104 Å². The molecule has 2 saturated heterocycles. The molecule has 4 atom stereocenters. The Kier molecular flexibility index (Phi) is 8.86. The van der Waals surface area contributed by atoms with Crippen molar-refractivity contribution in [3.63, 3.8) is 0 Å². The SMILES string of the molecule is Cc1cc2c(nc(O[C@@H](C)[C@@H]3CCCN3C)c3nnn([C@H]4CCN(C(=O)OC(C)(C)C)[C@H](C)C4)c32)c(F)c1-c1cccc2c1c(CC#N)nn2C. The van der Waals surface area contributed by atoms with Crippen LogP contribution in [-0.2, 0) is 18.2 Å². The molecule has 51 heavy (non-hydrogen) atoms.